The Kier molecular flexibility index (Phi) is 9.00. The van der Waals surface area contributed by atoms with Crippen LogP contribution in [0.25, 0.3) is 0 Å². The monoisotopic (exact) mass is 539 g/mol. The lowest BCUT2D eigenvalue weighted by Gasteiger charge is -2.22. The van der Waals surface area contributed by atoms with Crippen molar-refractivity contribution in [1.82, 2.24) is 5.43 Å². The molecule has 2 aromatic carbocycles. The topological polar surface area (TPSA) is 114 Å². The first kappa shape index (κ1) is 26.3. The second-order valence-electron chi connectivity index (χ2n) is 7.96. The number of amides is 1. The van der Waals surface area contributed by atoms with Gasteiger partial charge in [0.05, 0.1) is 18.2 Å². The van der Waals surface area contributed by atoms with Crippen molar-refractivity contribution in [1.29, 1.82) is 0 Å². The molecule has 2 aromatic rings. The highest BCUT2D eigenvalue weighted by Gasteiger charge is 2.22. The van der Waals surface area contributed by atoms with Gasteiger partial charge in [-0.05, 0) is 78.7 Å². The third-order valence-corrected chi connectivity index (χ3v) is 5.67. The van der Waals surface area contributed by atoms with E-state index in [9.17, 15) is 18.0 Å². The van der Waals surface area contributed by atoms with E-state index in [-0.39, 0.29) is 6.61 Å². The van der Waals surface area contributed by atoms with E-state index in [4.69, 9.17) is 9.47 Å². The average molecular weight is 540 g/mol. The highest BCUT2D eigenvalue weighted by molar-refractivity contribution is 9.10. The number of carbonyl (C=O) groups excluding carboxylic acids is 2. The summed E-state index contributed by atoms with van der Waals surface area (Å²) in [6.45, 7) is 4.68. The van der Waals surface area contributed by atoms with Crippen molar-refractivity contribution >= 4 is 49.7 Å². The van der Waals surface area contributed by atoms with E-state index in [2.05, 4.69) is 26.5 Å². The number of rotatable bonds is 9. The molecular formula is C22H26BrN3O6S. The fraction of sp³-hybridized carbons (Fsp3) is 0.318. The standard InChI is InChI=1S/C22H26BrN3O6S/c1-22(2,3)32-21(28)15-31-17-11-9-16(10-12-17)13-24-25-20(27)14-26(33(4,29)30)19-8-6-5-7-18(19)23/h5-13H,14-15H2,1-4H3,(H,25,27). The third-order valence-electron chi connectivity index (χ3n) is 3.87. The predicted octanol–water partition coefficient (Wildman–Crippen LogP) is 3.09. The normalized spacial score (nSPS) is 11.8. The molecule has 0 radical (unpaired) electrons. The molecule has 0 saturated heterocycles. The lowest BCUT2D eigenvalue weighted by molar-refractivity contribution is -0.157. The second kappa shape index (κ2) is 11.3. The number of sulfonamides is 1. The Morgan fingerprint density at radius 3 is 2.33 bits per heavy atom. The summed E-state index contributed by atoms with van der Waals surface area (Å²) in [6.07, 6.45) is 2.42. The average Bonchev–Trinajstić information content (AvgIpc) is 2.70. The van der Waals surface area contributed by atoms with Crippen molar-refractivity contribution in [2.45, 2.75) is 26.4 Å². The molecule has 2 rings (SSSR count). The molecular weight excluding hydrogens is 514 g/mol. The second-order valence-corrected chi connectivity index (χ2v) is 10.7. The Hall–Kier alpha value is -2.92. The molecule has 0 bridgehead atoms. The highest BCUT2D eigenvalue weighted by atomic mass is 79.9. The van der Waals surface area contributed by atoms with Crippen LogP contribution in [0.4, 0.5) is 5.69 Å². The van der Waals surface area contributed by atoms with Crippen LogP contribution in [0.3, 0.4) is 0 Å². The molecule has 0 atom stereocenters. The van der Waals surface area contributed by atoms with Gasteiger partial charge in [-0.1, -0.05) is 12.1 Å². The molecule has 178 valence electrons. The Balaban J connectivity index is 1.91. The van der Waals surface area contributed by atoms with Crippen LogP contribution in [0.15, 0.2) is 58.1 Å². The molecule has 1 N–H and O–H groups in total. The summed E-state index contributed by atoms with van der Waals surface area (Å²) in [6, 6.07) is 13.4. The van der Waals surface area contributed by atoms with Gasteiger partial charge < -0.3 is 9.47 Å². The van der Waals surface area contributed by atoms with Gasteiger partial charge in [0.1, 0.15) is 17.9 Å². The SMILES string of the molecule is CC(C)(C)OC(=O)COc1ccc(C=NNC(=O)CN(c2ccccc2Br)S(C)(=O)=O)cc1. The third kappa shape index (κ3) is 9.22. The summed E-state index contributed by atoms with van der Waals surface area (Å²) in [5, 5.41) is 3.86. The van der Waals surface area contributed by atoms with Gasteiger partial charge in [0.2, 0.25) is 10.0 Å². The molecule has 0 aliphatic carbocycles. The number of nitrogens with zero attached hydrogens (tertiary/aromatic N) is 2. The van der Waals surface area contributed by atoms with Crippen LogP contribution in [-0.2, 0) is 24.3 Å². The zero-order valence-corrected chi connectivity index (χ0v) is 21.1. The highest BCUT2D eigenvalue weighted by Crippen LogP contribution is 2.27. The van der Waals surface area contributed by atoms with E-state index >= 15 is 0 Å². The number of benzene rings is 2. The molecule has 0 saturated carbocycles. The number of ether oxygens (including phenoxy) is 2. The number of anilines is 1. The molecule has 0 aromatic heterocycles. The van der Waals surface area contributed by atoms with E-state index in [1.54, 1.807) is 69.3 Å². The van der Waals surface area contributed by atoms with E-state index in [1.807, 2.05) is 0 Å². The summed E-state index contributed by atoms with van der Waals surface area (Å²) in [4.78, 5) is 24.0. The van der Waals surface area contributed by atoms with Crippen LogP contribution < -0.4 is 14.5 Å². The number of hydrazone groups is 1. The minimum Gasteiger partial charge on any atom is -0.482 e. The van der Waals surface area contributed by atoms with Crippen molar-refractivity contribution in [3.63, 3.8) is 0 Å². The van der Waals surface area contributed by atoms with Crippen molar-refractivity contribution in [2.75, 3.05) is 23.7 Å². The van der Waals surface area contributed by atoms with E-state index < -0.39 is 34.0 Å². The maximum atomic E-state index is 12.3. The summed E-state index contributed by atoms with van der Waals surface area (Å²) in [5.74, 6) is -0.606. The predicted molar refractivity (Wildman–Crippen MR) is 130 cm³/mol. The number of hydrogen-bond acceptors (Lipinski definition) is 7. The molecule has 0 spiro atoms. The molecule has 0 aliphatic rings. The summed E-state index contributed by atoms with van der Waals surface area (Å²) in [7, 11) is -3.70. The maximum absolute atomic E-state index is 12.3. The van der Waals surface area contributed by atoms with Crippen molar-refractivity contribution in [2.24, 2.45) is 5.10 Å². The van der Waals surface area contributed by atoms with E-state index in [0.29, 0.717) is 21.5 Å². The van der Waals surface area contributed by atoms with Gasteiger partial charge in [0, 0.05) is 4.47 Å². The number of hydrogen-bond donors (Lipinski definition) is 1. The van der Waals surface area contributed by atoms with Crippen LogP contribution in [0, 0.1) is 0 Å². The van der Waals surface area contributed by atoms with Crippen LogP contribution in [0.2, 0.25) is 0 Å². The minimum atomic E-state index is -3.70. The Morgan fingerprint density at radius 1 is 1.12 bits per heavy atom. The van der Waals surface area contributed by atoms with Crippen LogP contribution >= 0.6 is 15.9 Å². The van der Waals surface area contributed by atoms with E-state index in [1.165, 1.54) is 6.21 Å². The molecule has 0 unspecified atom stereocenters. The van der Waals surface area contributed by atoms with Crippen LogP contribution in [-0.4, -0.2) is 51.5 Å². The smallest absolute Gasteiger partial charge is 0.344 e. The van der Waals surface area contributed by atoms with Crippen LogP contribution in [0.1, 0.15) is 26.3 Å². The van der Waals surface area contributed by atoms with Gasteiger partial charge in [-0.2, -0.15) is 5.10 Å². The van der Waals surface area contributed by atoms with Crippen molar-refractivity contribution in [3.8, 4) is 5.75 Å². The number of nitrogens with one attached hydrogen (secondary N) is 1. The van der Waals surface area contributed by atoms with Gasteiger partial charge >= 0.3 is 5.97 Å². The number of carbonyl (C=O) groups is 2. The molecule has 9 nitrogen and oxygen atoms in total. The molecule has 33 heavy (non-hydrogen) atoms. The minimum absolute atomic E-state index is 0.213. The number of halogens is 1. The summed E-state index contributed by atoms with van der Waals surface area (Å²) < 4.78 is 36.4. The zero-order chi connectivity index (χ0) is 24.6. The quantitative estimate of drug-likeness (QED) is 0.297. The van der Waals surface area contributed by atoms with Crippen LogP contribution in [0.5, 0.6) is 5.75 Å². The molecule has 1 amide bonds. The zero-order valence-electron chi connectivity index (χ0n) is 18.7. The summed E-state index contributed by atoms with van der Waals surface area (Å²) in [5.41, 5.74) is 2.74. The van der Waals surface area contributed by atoms with Gasteiger partial charge in [-0.3, -0.25) is 9.10 Å². The Bertz CT molecular complexity index is 1110. The fourth-order valence-corrected chi connectivity index (χ4v) is 4.03. The van der Waals surface area contributed by atoms with Gasteiger partial charge in [-0.25, -0.2) is 18.6 Å². The maximum Gasteiger partial charge on any atom is 0.344 e. The van der Waals surface area contributed by atoms with Crippen molar-refractivity contribution < 1.29 is 27.5 Å². The van der Waals surface area contributed by atoms with E-state index in [0.717, 1.165) is 10.6 Å². The Labute approximate surface area is 201 Å². The first-order chi connectivity index (χ1) is 15.3. The van der Waals surface area contributed by atoms with Gasteiger partial charge in [0.25, 0.3) is 5.91 Å². The van der Waals surface area contributed by atoms with Gasteiger partial charge in [0.15, 0.2) is 6.61 Å². The summed E-state index contributed by atoms with van der Waals surface area (Å²) >= 11 is 3.30. The molecule has 11 heteroatoms. The first-order valence-corrected chi connectivity index (χ1v) is 12.5. The first-order valence-electron chi connectivity index (χ1n) is 9.84. The number of para-hydroxylation sites is 1. The Morgan fingerprint density at radius 2 is 1.76 bits per heavy atom. The van der Waals surface area contributed by atoms with Crippen molar-refractivity contribution in [3.05, 3.63) is 58.6 Å². The largest absolute Gasteiger partial charge is 0.482 e. The fourth-order valence-electron chi connectivity index (χ4n) is 2.54. The molecule has 0 fully saturated rings. The lowest BCUT2D eigenvalue weighted by atomic mass is 10.2. The molecule has 0 heterocycles. The van der Waals surface area contributed by atoms with Gasteiger partial charge in [-0.15, -0.1) is 0 Å². The molecule has 0 aliphatic heterocycles. The lowest BCUT2D eigenvalue weighted by Crippen LogP contribution is -2.39. The number of esters is 1.